The molecule has 0 spiro atoms. The van der Waals surface area contributed by atoms with E-state index >= 15 is 0 Å². The Labute approximate surface area is 379 Å². The van der Waals surface area contributed by atoms with Crippen molar-refractivity contribution in [3.63, 3.8) is 0 Å². The number of hydrogen-bond acceptors (Lipinski definition) is 5. The number of aromatic nitrogens is 5. The van der Waals surface area contributed by atoms with E-state index in [1.807, 2.05) is 60.8 Å². The van der Waals surface area contributed by atoms with Crippen molar-refractivity contribution >= 4 is 54.5 Å². The molecular weight excluding hydrogens is 807 g/mol. The van der Waals surface area contributed by atoms with Gasteiger partial charge < -0.3 is 8.98 Å². The average molecular weight is 844 g/mol. The molecule has 9 aromatic carbocycles. The monoisotopic (exact) mass is 843 g/mol. The molecular formula is C60H37N5O. The molecule has 13 aromatic rings. The molecule has 0 N–H and O–H groups in total. The minimum atomic E-state index is 0.500. The van der Waals surface area contributed by atoms with Crippen LogP contribution in [0.3, 0.4) is 0 Å². The minimum absolute atomic E-state index is 0.500. The number of rotatable bonds is 7. The number of fused-ring (bicyclic) bond motifs is 8. The van der Waals surface area contributed by atoms with Crippen LogP contribution in [0.15, 0.2) is 229 Å². The van der Waals surface area contributed by atoms with Gasteiger partial charge in [0.1, 0.15) is 11.2 Å². The van der Waals surface area contributed by atoms with Gasteiger partial charge in [0.15, 0.2) is 17.5 Å². The Morgan fingerprint density at radius 2 is 0.894 bits per heavy atom. The molecule has 4 heterocycles. The predicted molar refractivity (Wildman–Crippen MR) is 269 cm³/mol. The van der Waals surface area contributed by atoms with E-state index in [1.165, 1.54) is 54.8 Å². The Hall–Kier alpha value is -9.00. The summed E-state index contributed by atoms with van der Waals surface area (Å²) < 4.78 is 8.79. The standard InChI is InChI=1S/C60H37N5O/c1-3-12-38(13-4-1)39-22-24-41(25-23-39)46-31-28-42-32-33-54-56(50(42)35-46)49-19-7-9-20-53(49)65(54)47-17-11-16-45(34-47)40-26-29-44(30-27-40)59-62-58(43-14-5-2-6-15-43)63-60(64-59)52-37-61-36-51-48-18-8-10-21-55(48)66-57(51)52/h1-37H. The molecule has 0 amide bonds. The van der Waals surface area contributed by atoms with E-state index < -0.39 is 0 Å². The molecule has 66 heavy (non-hydrogen) atoms. The van der Waals surface area contributed by atoms with Crippen LogP contribution >= 0.6 is 0 Å². The van der Waals surface area contributed by atoms with Gasteiger partial charge in [0.2, 0.25) is 0 Å². The van der Waals surface area contributed by atoms with E-state index in [-0.39, 0.29) is 0 Å². The van der Waals surface area contributed by atoms with Crippen LogP contribution in [0.2, 0.25) is 0 Å². The van der Waals surface area contributed by atoms with Gasteiger partial charge >= 0.3 is 0 Å². The van der Waals surface area contributed by atoms with Crippen LogP contribution in [-0.2, 0) is 0 Å². The predicted octanol–water partition coefficient (Wildman–Crippen LogP) is 15.4. The first kappa shape index (κ1) is 37.5. The van der Waals surface area contributed by atoms with Gasteiger partial charge in [-0.1, -0.05) is 176 Å². The SMILES string of the molecule is c1ccc(-c2ccc(-c3ccc4ccc5c(c4c3)c3ccccc3n5-c3cccc(-c4ccc(-c5nc(-c6ccccc6)nc(-c6cncc7c6oc6ccccc67)n5)cc4)c3)cc2)cc1. The lowest BCUT2D eigenvalue weighted by atomic mass is 9.96. The van der Waals surface area contributed by atoms with E-state index in [4.69, 9.17) is 19.4 Å². The fourth-order valence-corrected chi connectivity index (χ4v) is 9.51. The molecule has 0 aliphatic rings. The van der Waals surface area contributed by atoms with Crippen molar-refractivity contribution in [2.75, 3.05) is 0 Å². The maximum Gasteiger partial charge on any atom is 0.169 e. The van der Waals surface area contributed by atoms with Gasteiger partial charge in [-0.2, -0.15) is 0 Å². The van der Waals surface area contributed by atoms with Crippen molar-refractivity contribution in [1.82, 2.24) is 24.5 Å². The van der Waals surface area contributed by atoms with Crippen LogP contribution in [0.1, 0.15) is 0 Å². The lowest BCUT2D eigenvalue weighted by molar-refractivity contribution is 0.669. The molecule has 0 fully saturated rings. The summed E-state index contributed by atoms with van der Waals surface area (Å²) in [4.78, 5) is 19.7. The van der Waals surface area contributed by atoms with Gasteiger partial charge in [-0.15, -0.1) is 0 Å². The summed E-state index contributed by atoms with van der Waals surface area (Å²) in [6.45, 7) is 0. The largest absolute Gasteiger partial charge is 0.455 e. The van der Waals surface area contributed by atoms with Crippen molar-refractivity contribution in [2.24, 2.45) is 0 Å². The summed E-state index contributed by atoms with van der Waals surface area (Å²) in [5, 5.41) is 6.85. The third-order valence-electron chi connectivity index (χ3n) is 12.8. The highest BCUT2D eigenvalue weighted by Crippen LogP contribution is 2.40. The Morgan fingerprint density at radius 3 is 1.65 bits per heavy atom. The van der Waals surface area contributed by atoms with Crippen LogP contribution in [0.5, 0.6) is 0 Å². The van der Waals surface area contributed by atoms with Gasteiger partial charge in [0, 0.05) is 50.8 Å². The summed E-state index contributed by atoms with van der Waals surface area (Å²) >= 11 is 0. The number of benzene rings is 9. The number of nitrogens with zero attached hydrogens (tertiary/aromatic N) is 5. The molecule has 0 unspecified atom stereocenters. The molecule has 6 heteroatoms. The Kier molecular flexibility index (Phi) is 8.74. The molecule has 0 aliphatic carbocycles. The molecule has 0 radical (unpaired) electrons. The Morgan fingerprint density at radius 1 is 0.348 bits per heavy atom. The lowest BCUT2D eigenvalue weighted by Gasteiger charge is -2.12. The van der Waals surface area contributed by atoms with Gasteiger partial charge in [-0.3, -0.25) is 4.98 Å². The van der Waals surface area contributed by atoms with Crippen LogP contribution in [0.4, 0.5) is 0 Å². The number of furan rings is 1. The molecule has 13 rings (SSSR count). The summed E-state index contributed by atoms with van der Waals surface area (Å²) in [7, 11) is 0. The Balaban J connectivity index is 0.879. The lowest BCUT2D eigenvalue weighted by Crippen LogP contribution is -2.00. The van der Waals surface area contributed by atoms with Crippen molar-refractivity contribution in [2.45, 2.75) is 0 Å². The van der Waals surface area contributed by atoms with E-state index in [0.717, 1.165) is 44.3 Å². The topological polar surface area (TPSA) is 69.6 Å². The van der Waals surface area contributed by atoms with Gasteiger partial charge in [0.05, 0.1) is 16.6 Å². The fourth-order valence-electron chi connectivity index (χ4n) is 9.51. The van der Waals surface area contributed by atoms with Crippen LogP contribution in [-0.4, -0.2) is 24.5 Å². The first-order valence-corrected chi connectivity index (χ1v) is 22.1. The quantitative estimate of drug-likeness (QED) is 0.160. The molecule has 0 aliphatic heterocycles. The highest BCUT2D eigenvalue weighted by molar-refractivity contribution is 6.22. The van der Waals surface area contributed by atoms with Crippen LogP contribution < -0.4 is 0 Å². The number of pyridine rings is 1. The fraction of sp³-hybridized carbons (Fsp3) is 0. The van der Waals surface area contributed by atoms with E-state index in [2.05, 4.69) is 167 Å². The average Bonchev–Trinajstić information content (AvgIpc) is 3.95. The van der Waals surface area contributed by atoms with Crippen molar-refractivity contribution < 1.29 is 4.42 Å². The van der Waals surface area contributed by atoms with Crippen LogP contribution in [0.25, 0.3) is 128 Å². The maximum atomic E-state index is 6.39. The summed E-state index contributed by atoms with van der Waals surface area (Å²) in [6, 6.07) is 74.9. The Bertz CT molecular complexity index is 3970. The highest BCUT2D eigenvalue weighted by atomic mass is 16.3. The van der Waals surface area contributed by atoms with Gasteiger partial charge in [0.25, 0.3) is 0 Å². The number of para-hydroxylation sites is 2. The molecule has 0 atom stereocenters. The van der Waals surface area contributed by atoms with Gasteiger partial charge in [-0.25, -0.2) is 15.0 Å². The van der Waals surface area contributed by atoms with E-state index in [9.17, 15) is 0 Å². The molecule has 0 saturated heterocycles. The third-order valence-corrected chi connectivity index (χ3v) is 12.8. The first-order chi connectivity index (χ1) is 32.7. The zero-order valence-corrected chi connectivity index (χ0v) is 35.5. The second kappa shape index (κ2) is 15.4. The van der Waals surface area contributed by atoms with Crippen LogP contribution in [0, 0.1) is 0 Å². The molecule has 4 aromatic heterocycles. The molecule has 0 bridgehead atoms. The summed E-state index contributed by atoms with van der Waals surface area (Å²) in [6.07, 6.45) is 3.61. The zero-order valence-electron chi connectivity index (χ0n) is 35.5. The zero-order chi connectivity index (χ0) is 43.6. The molecule has 308 valence electrons. The van der Waals surface area contributed by atoms with Crippen molar-refractivity contribution in [3.05, 3.63) is 225 Å². The summed E-state index contributed by atoms with van der Waals surface area (Å²) in [5.74, 6) is 1.64. The highest BCUT2D eigenvalue weighted by Gasteiger charge is 2.19. The van der Waals surface area contributed by atoms with Crippen molar-refractivity contribution in [1.29, 1.82) is 0 Å². The second-order valence-electron chi connectivity index (χ2n) is 16.7. The second-order valence-corrected chi connectivity index (χ2v) is 16.7. The molecule has 6 nitrogen and oxygen atoms in total. The van der Waals surface area contributed by atoms with Gasteiger partial charge in [-0.05, 0) is 80.6 Å². The van der Waals surface area contributed by atoms with E-state index in [0.29, 0.717) is 28.6 Å². The minimum Gasteiger partial charge on any atom is -0.455 e. The molecule has 0 saturated carbocycles. The smallest absolute Gasteiger partial charge is 0.169 e. The summed E-state index contributed by atoms with van der Waals surface area (Å²) in [5.41, 5.74) is 14.4. The van der Waals surface area contributed by atoms with Crippen molar-refractivity contribution in [3.8, 4) is 73.2 Å². The number of hydrogen-bond donors (Lipinski definition) is 0. The normalized spacial score (nSPS) is 11.6. The van der Waals surface area contributed by atoms with E-state index in [1.54, 1.807) is 6.20 Å². The third kappa shape index (κ3) is 6.34. The first-order valence-electron chi connectivity index (χ1n) is 22.1. The maximum absolute atomic E-state index is 6.39.